The number of thiazole rings is 1. The lowest BCUT2D eigenvalue weighted by atomic mass is 10.1. The molecule has 5 heteroatoms. The zero-order chi connectivity index (χ0) is 13.8. The van der Waals surface area contributed by atoms with Crippen LogP contribution in [-0.2, 0) is 6.42 Å². The summed E-state index contributed by atoms with van der Waals surface area (Å²) in [6, 6.07) is 9.54. The molecule has 4 nitrogen and oxygen atoms in total. The van der Waals surface area contributed by atoms with Crippen molar-refractivity contribution in [3.8, 4) is 11.3 Å². The molecule has 0 aliphatic rings. The van der Waals surface area contributed by atoms with Crippen LogP contribution in [0.25, 0.3) is 11.3 Å². The van der Waals surface area contributed by atoms with Crippen molar-refractivity contribution in [1.29, 1.82) is 0 Å². The highest BCUT2D eigenvalue weighted by atomic mass is 32.1. The molecular weight excluding hydrogens is 270 g/mol. The molecule has 0 aliphatic carbocycles. The van der Waals surface area contributed by atoms with E-state index >= 15 is 0 Å². The third-order valence-corrected chi connectivity index (χ3v) is 3.65. The molecule has 0 amide bonds. The third kappa shape index (κ3) is 2.78. The van der Waals surface area contributed by atoms with Crippen molar-refractivity contribution >= 4 is 17.1 Å². The number of rotatable bonds is 4. The minimum atomic E-state index is 0.0468. The van der Waals surface area contributed by atoms with Gasteiger partial charge in [-0.3, -0.25) is 19.7 Å². The first kappa shape index (κ1) is 12.6. The van der Waals surface area contributed by atoms with Crippen LogP contribution in [0, 0.1) is 0 Å². The highest BCUT2D eigenvalue weighted by Crippen LogP contribution is 2.16. The highest BCUT2D eigenvalue weighted by molar-refractivity contribution is 7.11. The number of carbonyl (C=O) groups is 1. The summed E-state index contributed by atoms with van der Waals surface area (Å²) in [5.74, 6) is 0.0468. The summed E-state index contributed by atoms with van der Waals surface area (Å²) in [7, 11) is 0. The zero-order valence-electron chi connectivity index (χ0n) is 10.6. The summed E-state index contributed by atoms with van der Waals surface area (Å²) in [6.45, 7) is 0. The van der Waals surface area contributed by atoms with Crippen molar-refractivity contribution in [2.24, 2.45) is 0 Å². The Morgan fingerprint density at radius 3 is 2.70 bits per heavy atom. The molecule has 0 fully saturated rings. The van der Waals surface area contributed by atoms with Gasteiger partial charge in [0, 0.05) is 29.8 Å². The lowest BCUT2D eigenvalue weighted by Crippen LogP contribution is -2.03. The quantitative estimate of drug-likeness (QED) is 0.690. The van der Waals surface area contributed by atoms with Gasteiger partial charge >= 0.3 is 0 Å². The van der Waals surface area contributed by atoms with Crippen LogP contribution in [0.1, 0.15) is 15.4 Å². The SMILES string of the molecule is O=C(Cc1ccc(-c2ccccn2)cn1)c1cncs1. The lowest BCUT2D eigenvalue weighted by molar-refractivity contribution is 0.0995. The molecule has 0 aliphatic heterocycles. The van der Waals surface area contributed by atoms with E-state index in [9.17, 15) is 4.79 Å². The van der Waals surface area contributed by atoms with Crippen LogP contribution in [0.2, 0.25) is 0 Å². The van der Waals surface area contributed by atoms with Crippen molar-refractivity contribution in [1.82, 2.24) is 15.0 Å². The zero-order valence-corrected chi connectivity index (χ0v) is 11.4. The number of pyridine rings is 2. The van der Waals surface area contributed by atoms with Gasteiger partial charge in [-0.25, -0.2) is 0 Å². The second-order valence-corrected chi connectivity index (χ2v) is 5.11. The number of hydrogen-bond acceptors (Lipinski definition) is 5. The van der Waals surface area contributed by atoms with E-state index in [4.69, 9.17) is 0 Å². The summed E-state index contributed by atoms with van der Waals surface area (Å²) in [4.78, 5) is 25.1. The van der Waals surface area contributed by atoms with E-state index in [-0.39, 0.29) is 5.78 Å². The van der Waals surface area contributed by atoms with Crippen molar-refractivity contribution in [3.63, 3.8) is 0 Å². The Labute approximate surface area is 120 Å². The predicted molar refractivity (Wildman–Crippen MR) is 77.6 cm³/mol. The Kier molecular flexibility index (Phi) is 3.60. The Morgan fingerprint density at radius 2 is 2.05 bits per heavy atom. The van der Waals surface area contributed by atoms with Gasteiger partial charge in [0.25, 0.3) is 0 Å². The van der Waals surface area contributed by atoms with Gasteiger partial charge < -0.3 is 0 Å². The number of hydrogen-bond donors (Lipinski definition) is 0. The molecule has 0 unspecified atom stereocenters. The van der Waals surface area contributed by atoms with Gasteiger partial charge in [-0.15, -0.1) is 11.3 Å². The molecule has 0 spiro atoms. The van der Waals surface area contributed by atoms with Gasteiger partial charge in [0.1, 0.15) is 0 Å². The van der Waals surface area contributed by atoms with E-state index < -0.39 is 0 Å². The van der Waals surface area contributed by atoms with Crippen LogP contribution < -0.4 is 0 Å². The largest absolute Gasteiger partial charge is 0.293 e. The average Bonchev–Trinajstić information content (AvgIpc) is 3.03. The van der Waals surface area contributed by atoms with Gasteiger partial charge in [-0.05, 0) is 24.3 Å². The maximum atomic E-state index is 11.9. The number of ketones is 1. The monoisotopic (exact) mass is 281 g/mol. The number of nitrogens with zero attached hydrogens (tertiary/aromatic N) is 3. The van der Waals surface area contributed by atoms with Crippen molar-refractivity contribution in [3.05, 3.63) is 65.0 Å². The molecule has 0 saturated carbocycles. The van der Waals surface area contributed by atoms with E-state index in [0.717, 1.165) is 17.0 Å². The summed E-state index contributed by atoms with van der Waals surface area (Å²) < 4.78 is 0. The number of aromatic nitrogens is 3. The normalized spacial score (nSPS) is 10.4. The number of carbonyl (C=O) groups excluding carboxylic acids is 1. The molecule has 3 heterocycles. The Bertz CT molecular complexity index is 694. The van der Waals surface area contributed by atoms with Crippen LogP contribution >= 0.6 is 11.3 Å². The smallest absolute Gasteiger partial charge is 0.180 e. The average molecular weight is 281 g/mol. The Balaban J connectivity index is 1.75. The van der Waals surface area contributed by atoms with Crippen LogP contribution in [0.3, 0.4) is 0 Å². The number of Topliss-reactive ketones (excluding diaryl/α,β-unsaturated/α-hetero) is 1. The fourth-order valence-corrected chi connectivity index (χ4v) is 2.38. The first-order valence-electron chi connectivity index (χ1n) is 6.11. The molecule has 0 atom stereocenters. The maximum Gasteiger partial charge on any atom is 0.180 e. The molecular formula is C15H11N3OS. The van der Waals surface area contributed by atoms with Crippen molar-refractivity contribution < 1.29 is 4.79 Å². The molecule has 0 bridgehead atoms. The van der Waals surface area contributed by atoms with Gasteiger partial charge in [-0.2, -0.15) is 0 Å². The molecule has 98 valence electrons. The van der Waals surface area contributed by atoms with E-state index in [2.05, 4.69) is 15.0 Å². The van der Waals surface area contributed by atoms with Crippen LogP contribution in [0.15, 0.2) is 54.4 Å². The summed E-state index contributed by atoms with van der Waals surface area (Å²) in [5.41, 5.74) is 4.23. The first-order valence-corrected chi connectivity index (χ1v) is 6.99. The van der Waals surface area contributed by atoms with Crippen LogP contribution in [-0.4, -0.2) is 20.7 Å². The fourth-order valence-electron chi connectivity index (χ4n) is 1.82. The van der Waals surface area contributed by atoms with E-state index in [1.165, 1.54) is 11.3 Å². The fraction of sp³-hybridized carbons (Fsp3) is 0.0667. The van der Waals surface area contributed by atoms with E-state index in [1.54, 1.807) is 24.1 Å². The molecule has 3 rings (SSSR count). The first-order chi connectivity index (χ1) is 9.83. The summed E-state index contributed by atoms with van der Waals surface area (Å²) >= 11 is 1.35. The topological polar surface area (TPSA) is 55.7 Å². The minimum absolute atomic E-state index is 0.0468. The Morgan fingerprint density at radius 1 is 1.10 bits per heavy atom. The van der Waals surface area contributed by atoms with E-state index in [1.807, 2.05) is 30.3 Å². The van der Waals surface area contributed by atoms with Gasteiger partial charge in [0.05, 0.1) is 22.5 Å². The second kappa shape index (κ2) is 5.71. The molecule has 20 heavy (non-hydrogen) atoms. The van der Waals surface area contributed by atoms with Crippen LogP contribution in [0.5, 0.6) is 0 Å². The lowest BCUT2D eigenvalue weighted by Gasteiger charge is -2.02. The van der Waals surface area contributed by atoms with Crippen molar-refractivity contribution in [2.75, 3.05) is 0 Å². The molecule has 0 N–H and O–H groups in total. The Hall–Kier alpha value is -2.40. The third-order valence-electron chi connectivity index (χ3n) is 2.83. The van der Waals surface area contributed by atoms with Crippen molar-refractivity contribution in [2.45, 2.75) is 6.42 Å². The molecule has 0 aromatic carbocycles. The molecule has 3 aromatic heterocycles. The van der Waals surface area contributed by atoms with Crippen LogP contribution in [0.4, 0.5) is 0 Å². The predicted octanol–water partition coefficient (Wildman–Crippen LogP) is 3.03. The minimum Gasteiger partial charge on any atom is -0.293 e. The molecule has 0 saturated heterocycles. The maximum absolute atomic E-state index is 11.9. The van der Waals surface area contributed by atoms with Gasteiger partial charge in [0.2, 0.25) is 0 Å². The summed E-state index contributed by atoms with van der Waals surface area (Å²) in [5, 5.41) is 0. The molecule has 3 aromatic rings. The molecule has 0 radical (unpaired) electrons. The second-order valence-electron chi connectivity index (χ2n) is 4.22. The van der Waals surface area contributed by atoms with Gasteiger partial charge in [0.15, 0.2) is 5.78 Å². The standard InChI is InChI=1S/C15H11N3OS/c19-14(15-9-16-10-20-15)7-12-5-4-11(8-18-12)13-3-1-2-6-17-13/h1-6,8-10H,7H2. The highest BCUT2D eigenvalue weighted by Gasteiger charge is 2.09. The van der Waals surface area contributed by atoms with Gasteiger partial charge in [-0.1, -0.05) is 6.07 Å². The van der Waals surface area contributed by atoms with E-state index in [0.29, 0.717) is 11.3 Å². The summed E-state index contributed by atoms with van der Waals surface area (Å²) in [6.07, 6.45) is 5.38.